The lowest BCUT2D eigenvalue weighted by molar-refractivity contribution is -0.143. The number of carbonyl (C=O) groups excluding carboxylic acids is 1. The van der Waals surface area contributed by atoms with E-state index in [0.29, 0.717) is 13.0 Å². The molecule has 0 spiro atoms. The number of hydrogen-bond acceptors (Lipinski definition) is 3. The molecule has 17 heavy (non-hydrogen) atoms. The Kier molecular flexibility index (Phi) is 6.89. The predicted molar refractivity (Wildman–Crippen MR) is 71.7 cm³/mol. The van der Waals surface area contributed by atoms with Crippen molar-refractivity contribution in [1.29, 1.82) is 0 Å². The van der Waals surface area contributed by atoms with Crippen molar-refractivity contribution in [3.63, 3.8) is 0 Å². The molecule has 0 heterocycles. The van der Waals surface area contributed by atoms with Crippen molar-refractivity contribution < 1.29 is 9.53 Å². The molecule has 0 radical (unpaired) electrons. The van der Waals surface area contributed by atoms with E-state index in [4.69, 9.17) is 4.74 Å². The molecule has 1 N–H and O–H groups in total. The van der Waals surface area contributed by atoms with E-state index < -0.39 is 0 Å². The standard InChI is InChI=1S/C13H18BrNO2/c1-2-17-13(16)7-4-8-15-10-11-5-3-6-12(14)9-11/h3,5-6,9,15H,2,4,7-8,10H2,1H3. The first-order valence-corrected chi connectivity index (χ1v) is 6.62. The van der Waals surface area contributed by atoms with Gasteiger partial charge in [0.1, 0.15) is 0 Å². The maximum absolute atomic E-state index is 11.1. The smallest absolute Gasteiger partial charge is 0.305 e. The van der Waals surface area contributed by atoms with Gasteiger partial charge in [0.25, 0.3) is 0 Å². The van der Waals surface area contributed by atoms with Crippen molar-refractivity contribution in [3.05, 3.63) is 34.3 Å². The number of esters is 1. The van der Waals surface area contributed by atoms with Gasteiger partial charge >= 0.3 is 5.97 Å². The summed E-state index contributed by atoms with van der Waals surface area (Å²) in [5.41, 5.74) is 1.23. The topological polar surface area (TPSA) is 38.3 Å². The third-order valence-electron chi connectivity index (χ3n) is 2.26. The minimum atomic E-state index is -0.114. The average molecular weight is 300 g/mol. The van der Waals surface area contributed by atoms with Gasteiger partial charge in [-0.3, -0.25) is 4.79 Å². The largest absolute Gasteiger partial charge is 0.466 e. The molecule has 0 bridgehead atoms. The van der Waals surface area contributed by atoms with Crippen LogP contribution in [0.1, 0.15) is 25.3 Å². The first kappa shape index (κ1) is 14.2. The third kappa shape index (κ3) is 6.44. The summed E-state index contributed by atoms with van der Waals surface area (Å²) >= 11 is 3.43. The molecule has 0 atom stereocenters. The van der Waals surface area contributed by atoms with Crippen molar-refractivity contribution in [2.24, 2.45) is 0 Å². The summed E-state index contributed by atoms with van der Waals surface area (Å²) in [7, 11) is 0. The molecule has 0 aliphatic carbocycles. The van der Waals surface area contributed by atoms with Crippen LogP contribution in [0.2, 0.25) is 0 Å². The molecule has 1 aromatic carbocycles. The fourth-order valence-corrected chi connectivity index (χ4v) is 1.92. The summed E-state index contributed by atoms with van der Waals surface area (Å²) in [6.45, 7) is 3.93. The number of ether oxygens (including phenoxy) is 1. The first-order valence-electron chi connectivity index (χ1n) is 5.83. The Hall–Kier alpha value is -0.870. The van der Waals surface area contributed by atoms with E-state index in [0.717, 1.165) is 24.0 Å². The quantitative estimate of drug-likeness (QED) is 0.621. The minimum absolute atomic E-state index is 0.114. The third-order valence-corrected chi connectivity index (χ3v) is 2.75. The van der Waals surface area contributed by atoms with Gasteiger partial charge in [0.2, 0.25) is 0 Å². The van der Waals surface area contributed by atoms with Gasteiger partial charge < -0.3 is 10.1 Å². The molecule has 0 aliphatic heterocycles. The highest BCUT2D eigenvalue weighted by atomic mass is 79.9. The molecule has 0 amide bonds. The normalized spacial score (nSPS) is 10.2. The van der Waals surface area contributed by atoms with Crippen LogP contribution in [0, 0.1) is 0 Å². The Morgan fingerprint density at radius 2 is 2.29 bits per heavy atom. The molecule has 0 unspecified atom stereocenters. The summed E-state index contributed by atoms with van der Waals surface area (Å²) < 4.78 is 5.94. The van der Waals surface area contributed by atoms with Crippen molar-refractivity contribution in [1.82, 2.24) is 5.32 Å². The number of halogens is 1. The van der Waals surface area contributed by atoms with E-state index in [1.807, 2.05) is 19.1 Å². The SMILES string of the molecule is CCOC(=O)CCCNCc1cccc(Br)c1. The highest BCUT2D eigenvalue weighted by Gasteiger charge is 2.00. The summed E-state index contributed by atoms with van der Waals surface area (Å²) in [6.07, 6.45) is 1.30. The molecule has 3 nitrogen and oxygen atoms in total. The van der Waals surface area contributed by atoms with E-state index in [9.17, 15) is 4.79 Å². The van der Waals surface area contributed by atoms with E-state index in [1.165, 1.54) is 5.56 Å². The van der Waals surface area contributed by atoms with Crippen LogP contribution in [0.25, 0.3) is 0 Å². The van der Waals surface area contributed by atoms with Gasteiger partial charge in [-0.15, -0.1) is 0 Å². The van der Waals surface area contributed by atoms with Gasteiger partial charge in [0.15, 0.2) is 0 Å². The zero-order valence-electron chi connectivity index (χ0n) is 10.0. The van der Waals surface area contributed by atoms with Gasteiger partial charge in [-0.25, -0.2) is 0 Å². The summed E-state index contributed by atoms with van der Waals surface area (Å²) in [5, 5.41) is 3.30. The van der Waals surface area contributed by atoms with Crippen LogP contribution in [-0.2, 0) is 16.1 Å². The lowest BCUT2D eigenvalue weighted by Crippen LogP contribution is -2.16. The zero-order chi connectivity index (χ0) is 12.5. The Bertz CT molecular complexity index is 355. The second-order valence-corrected chi connectivity index (χ2v) is 4.63. The number of hydrogen-bond donors (Lipinski definition) is 1. The molecule has 0 aliphatic rings. The van der Waals surface area contributed by atoms with Crippen LogP contribution < -0.4 is 5.32 Å². The molecule has 0 saturated heterocycles. The second-order valence-electron chi connectivity index (χ2n) is 3.72. The fourth-order valence-electron chi connectivity index (χ4n) is 1.47. The molecule has 94 valence electrons. The minimum Gasteiger partial charge on any atom is -0.466 e. The van der Waals surface area contributed by atoms with Crippen LogP contribution in [-0.4, -0.2) is 19.1 Å². The fraction of sp³-hybridized carbons (Fsp3) is 0.462. The Balaban J connectivity index is 2.10. The maximum atomic E-state index is 11.1. The maximum Gasteiger partial charge on any atom is 0.305 e. The van der Waals surface area contributed by atoms with Crippen LogP contribution in [0.4, 0.5) is 0 Å². The molecule has 4 heteroatoms. The van der Waals surface area contributed by atoms with Crippen molar-refractivity contribution in [3.8, 4) is 0 Å². The Morgan fingerprint density at radius 1 is 1.47 bits per heavy atom. The van der Waals surface area contributed by atoms with Crippen LogP contribution in [0.3, 0.4) is 0 Å². The van der Waals surface area contributed by atoms with E-state index in [2.05, 4.69) is 33.4 Å². The number of carbonyl (C=O) groups is 1. The van der Waals surface area contributed by atoms with Crippen molar-refractivity contribution >= 4 is 21.9 Å². The van der Waals surface area contributed by atoms with E-state index in [-0.39, 0.29) is 5.97 Å². The lowest BCUT2D eigenvalue weighted by atomic mass is 10.2. The second kappa shape index (κ2) is 8.25. The van der Waals surface area contributed by atoms with Gasteiger partial charge in [0, 0.05) is 17.4 Å². The highest BCUT2D eigenvalue weighted by molar-refractivity contribution is 9.10. The van der Waals surface area contributed by atoms with Gasteiger partial charge in [0.05, 0.1) is 6.61 Å². The molecule has 1 aromatic rings. The van der Waals surface area contributed by atoms with Crippen LogP contribution in [0.5, 0.6) is 0 Å². The number of benzene rings is 1. The van der Waals surface area contributed by atoms with E-state index in [1.54, 1.807) is 0 Å². The average Bonchev–Trinajstić information content (AvgIpc) is 2.29. The van der Waals surface area contributed by atoms with E-state index >= 15 is 0 Å². The van der Waals surface area contributed by atoms with Crippen molar-refractivity contribution in [2.45, 2.75) is 26.3 Å². The Labute approximate surface area is 111 Å². The molecule has 0 aromatic heterocycles. The van der Waals surface area contributed by atoms with Gasteiger partial charge in [-0.05, 0) is 37.6 Å². The summed E-state index contributed by atoms with van der Waals surface area (Å²) in [6, 6.07) is 8.17. The lowest BCUT2D eigenvalue weighted by Gasteiger charge is -2.05. The Morgan fingerprint density at radius 3 is 3.00 bits per heavy atom. The van der Waals surface area contributed by atoms with Crippen molar-refractivity contribution in [2.75, 3.05) is 13.2 Å². The molecule has 0 saturated carbocycles. The van der Waals surface area contributed by atoms with Gasteiger partial charge in [-0.2, -0.15) is 0 Å². The number of nitrogens with one attached hydrogen (secondary N) is 1. The summed E-state index contributed by atoms with van der Waals surface area (Å²) in [5.74, 6) is -0.114. The zero-order valence-corrected chi connectivity index (χ0v) is 11.6. The monoisotopic (exact) mass is 299 g/mol. The molecular weight excluding hydrogens is 282 g/mol. The van der Waals surface area contributed by atoms with Crippen LogP contribution >= 0.6 is 15.9 Å². The molecule has 0 fully saturated rings. The number of rotatable bonds is 7. The van der Waals surface area contributed by atoms with Crippen LogP contribution in [0.15, 0.2) is 28.7 Å². The predicted octanol–water partition coefficient (Wildman–Crippen LogP) is 2.88. The highest BCUT2D eigenvalue weighted by Crippen LogP contribution is 2.11. The van der Waals surface area contributed by atoms with Gasteiger partial charge in [-0.1, -0.05) is 28.1 Å². The molecule has 1 rings (SSSR count). The first-order chi connectivity index (χ1) is 8.22. The summed E-state index contributed by atoms with van der Waals surface area (Å²) in [4.78, 5) is 11.1. The molecular formula is C13H18BrNO2.